The standard InChI is InChI=1S/C13H17NO6/c1-7(15)18-6-8-4-5-9(14-8)10-11(16)19-13(2,3)20-12(10)17/h8,14H,4-6H2,1-3H3. The Morgan fingerprint density at radius 3 is 2.50 bits per heavy atom. The Balaban J connectivity index is 2.08. The molecule has 20 heavy (non-hydrogen) atoms. The highest BCUT2D eigenvalue weighted by atomic mass is 16.7. The van der Waals surface area contributed by atoms with Crippen LogP contribution in [-0.2, 0) is 28.6 Å². The molecule has 0 aromatic heterocycles. The van der Waals surface area contributed by atoms with Crippen LogP contribution in [0.5, 0.6) is 0 Å². The van der Waals surface area contributed by atoms with Gasteiger partial charge in [0.1, 0.15) is 6.61 Å². The van der Waals surface area contributed by atoms with Crippen LogP contribution >= 0.6 is 0 Å². The van der Waals surface area contributed by atoms with Gasteiger partial charge in [0.15, 0.2) is 5.57 Å². The van der Waals surface area contributed by atoms with E-state index in [4.69, 9.17) is 14.2 Å². The first-order valence-corrected chi connectivity index (χ1v) is 6.38. The zero-order valence-electron chi connectivity index (χ0n) is 11.6. The largest absolute Gasteiger partial charge is 0.464 e. The van der Waals surface area contributed by atoms with Gasteiger partial charge in [0, 0.05) is 26.5 Å². The molecule has 2 fully saturated rings. The Bertz CT molecular complexity index is 471. The molecule has 2 saturated heterocycles. The summed E-state index contributed by atoms with van der Waals surface area (Å²) < 4.78 is 15.0. The molecule has 2 rings (SSSR count). The van der Waals surface area contributed by atoms with E-state index in [0.29, 0.717) is 18.5 Å². The van der Waals surface area contributed by atoms with Crippen LogP contribution in [0, 0.1) is 0 Å². The predicted molar refractivity (Wildman–Crippen MR) is 66.1 cm³/mol. The third kappa shape index (κ3) is 3.09. The minimum absolute atomic E-state index is 0.102. The number of carbonyl (C=O) groups excluding carboxylic acids is 3. The first kappa shape index (κ1) is 14.4. The molecular formula is C13H17NO6. The van der Waals surface area contributed by atoms with Crippen molar-refractivity contribution in [3.63, 3.8) is 0 Å². The molecule has 0 aliphatic carbocycles. The van der Waals surface area contributed by atoms with Gasteiger partial charge in [-0.1, -0.05) is 0 Å². The summed E-state index contributed by atoms with van der Waals surface area (Å²) in [5.41, 5.74) is 0.377. The molecule has 0 aromatic rings. The predicted octanol–water partition coefficient (Wildman–Crippen LogP) is 0.392. The van der Waals surface area contributed by atoms with Crippen molar-refractivity contribution in [1.29, 1.82) is 0 Å². The third-order valence-corrected chi connectivity index (χ3v) is 3.00. The molecular weight excluding hydrogens is 266 g/mol. The van der Waals surface area contributed by atoms with Crippen molar-refractivity contribution in [3.05, 3.63) is 11.3 Å². The quantitative estimate of drug-likeness (QED) is 0.445. The fourth-order valence-electron chi connectivity index (χ4n) is 2.15. The molecule has 1 unspecified atom stereocenters. The SMILES string of the molecule is CC(=O)OCC1CCC(=C2C(=O)OC(C)(C)OC2=O)N1. The molecule has 0 aromatic carbocycles. The number of rotatable bonds is 2. The highest BCUT2D eigenvalue weighted by Gasteiger charge is 2.42. The molecule has 0 spiro atoms. The van der Waals surface area contributed by atoms with Gasteiger partial charge in [0.2, 0.25) is 0 Å². The third-order valence-electron chi connectivity index (χ3n) is 3.00. The number of hydrogen-bond donors (Lipinski definition) is 1. The maximum atomic E-state index is 11.9. The van der Waals surface area contributed by atoms with Gasteiger partial charge in [-0.05, 0) is 12.8 Å². The molecule has 1 N–H and O–H groups in total. The van der Waals surface area contributed by atoms with Gasteiger partial charge in [-0.2, -0.15) is 0 Å². The summed E-state index contributed by atoms with van der Waals surface area (Å²) in [6.07, 6.45) is 1.17. The Labute approximate surface area is 116 Å². The second-order valence-corrected chi connectivity index (χ2v) is 5.21. The van der Waals surface area contributed by atoms with E-state index < -0.39 is 17.7 Å². The first-order valence-electron chi connectivity index (χ1n) is 6.38. The van der Waals surface area contributed by atoms with Crippen LogP contribution in [0.15, 0.2) is 11.3 Å². The van der Waals surface area contributed by atoms with Gasteiger partial charge in [-0.15, -0.1) is 0 Å². The number of nitrogens with one attached hydrogen (secondary N) is 1. The smallest absolute Gasteiger partial charge is 0.350 e. The topological polar surface area (TPSA) is 90.9 Å². The number of allylic oxidation sites excluding steroid dienone is 1. The molecule has 2 heterocycles. The van der Waals surface area contributed by atoms with Crippen molar-refractivity contribution in [2.45, 2.75) is 45.4 Å². The second-order valence-electron chi connectivity index (χ2n) is 5.21. The number of carbonyl (C=O) groups is 3. The minimum Gasteiger partial charge on any atom is -0.464 e. The van der Waals surface area contributed by atoms with Crippen LogP contribution in [0.4, 0.5) is 0 Å². The number of esters is 3. The van der Waals surface area contributed by atoms with E-state index in [0.717, 1.165) is 0 Å². The molecule has 110 valence electrons. The van der Waals surface area contributed by atoms with Crippen LogP contribution in [0.1, 0.15) is 33.6 Å². The summed E-state index contributed by atoms with van der Waals surface area (Å²) in [6.45, 7) is 4.51. The molecule has 7 heteroatoms. The average molecular weight is 283 g/mol. The van der Waals surface area contributed by atoms with Crippen LogP contribution in [0.3, 0.4) is 0 Å². The van der Waals surface area contributed by atoms with Gasteiger partial charge >= 0.3 is 17.9 Å². The highest BCUT2D eigenvalue weighted by Crippen LogP contribution is 2.28. The molecule has 0 bridgehead atoms. The Morgan fingerprint density at radius 1 is 1.35 bits per heavy atom. The van der Waals surface area contributed by atoms with E-state index >= 15 is 0 Å². The Hall–Kier alpha value is -2.05. The van der Waals surface area contributed by atoms with Crippen LogP contribution in [0.2, 0.25) is 0 Å². The summed E-state index contributed by atoms with van der Waals surface area (Å²) >= 11 is 0. The number of hydrogen-bond acceptors (Lipinski definition) is 7. The molecule has 7 nitrogen and oxygen atoms in total. The van der Waals surface area contributed by atoms with E-state index in [1.807, 2.05) is 0 Å². The second kappa shape index (κ2) is 5.15. The fourth-order valence-corrected chi connectivity index (χ4v) is 2.15. The average Bonchev–Trinajstić information content (AvgIpc) is 2.72. The number of ether oxygens (including phenoxy) is 3. The maximum Gasteiger partial charge on any atom is 0.350 e. The van der Waals surface area contributed by atoms with E-state index in [-0.39, 0.29) is 24.2 Å². The fraction of sp³-hybridized carbons (Fsp3) is 0.615. The van der Waals surface area contributed by atoms with Crippen molar-refractivity contribution < 1.29 is 28.6 Å². The van der Waals surface area contributed by atoms with Crippen LogP contribution < -0.4 is 5.32 Å². The van der Waals surface area contributed by atoms with E-state index in [1.165, 1.54) is 20.8 Å². The minimum atomic E-state index is -1.24. The zero-order chi connectivity index (χ0) is 14.9. The van der Waals surface area contributed by atoms with Gasteiger partial charge in [-0.25, -0.2) is 9.59 Å². The molecule has 0 radical (unpaired) electrons. The molecule has 0 amide bonds. The summed E-state index contributed by atoms with van der Waals surface area (Å²) in [4.78, 5) is 34.5. The lowest BCUT2D eigenvalue weighted by Crippen LogP contribution is -2.43. The van der Waals surface area contributed by atoms with Gasteiger partial charge in [0.25, 0.3) is 5.79 Å². The van der Waals surface area contributed by atoms with Gasteiger partial charge in [-0.3, -0.25) is 4.79 Å². The lowest BCUT2D eigenvalue weighted by atomic mass is 10.1. The number of cyclic esters (lactones) is 2. The summed E-state index contributed by atoms with van der Waals surface area (Å²) in [5, 5.41) is 3.00. The monoisotopic (exact) mass is 283 g/mol. The Kier molecular flexibility index (Phi) is 3.69. The van der Waals surface area contributed by atoms with Gasteiger partial charge < -0.3 is 19.5 Å². The molecule has 2 aliphatic rings. The first-order chi connectivity index (χ1) is 9.28. The van der Waals surface area contributed by atoms with E-state index in [1.54, 1.807) is 0 Å². The summed E-state index contributed by atoms with van der Waals surface area (Å²) in [7, 11) is 0. The van der Waals surface area contributed by atoms with Crippen molar-refractivity contribution in [1.82, 2.24) is 5.32 Å². The van der Waals surface area contributed by atoms with Crippen molar-refractivity contribution in [3.8, 4) is 0 Å². The van der Waals surface area contributed by atoms with Crippen LogP contribution in [0.25, 0.3) is 0 Å². The van der Waals surface area contributed by atoms with Crippen molar-refractivity contribution in [2.75, 3.05) is 6.61 Å². The van der Waals surface area contributed by atoms with E-state index in [2.05, 4.69) is 5.32 Å². The van der Waals surface area contributed by atoms with Crippen molar-refractivity contribution >= 4 is 17.9 Å². The Morgan fingerprint density at radius 2 is 1.95 bits per heavy atom. The molecule has 2 aliphatic heterocycles. The maximum absolute atomic E-state index is 11.9. The lowest BCUT2D eigenvalue weighted by molar-refractivity contribution is -0.222. The highest BCUT2D eigenvalue weighted by molar-refractivity contribution is 6.16. The summed E-state index contributed by atoms with van der Waals surface area (Å²) in [5.74, 6) is -3.00. The zero-order valence-corrected chi connectivity index (χ0v) is 11.6. The normalized spacial score (nSPS) is 24.9. The van der Waals surface area contributed by atoms with E-state index in [9.17, 15) is 14.4 Å². The molecule has 1 atom stereocenters. The lowest BCUT2D eigenvalue weighted by Gasteiger charge is -2.30. The van der Waals surface area contributed by atoms with Crippen LogP contribution in [-0.4, -0.2) is 36.3 Å². The molecule has 0 saturated carbocycles. The van der Waals surface area contributed by atoms with Crippen molar-refractivity contribution in [2.24, 2.45) is 0 Å². The summed E-state index contributed by atoms with van der Waals surface area (Å²) in [6, 6.07) is -0.114. The van der Waals surface area contributed by atoms with Gasteiger partial charge in [0.05, 0.1) is 6.04 Å².